The molecule has 1 heterocycles. The molecule has 5 heteroatoms. The zero-order valence-corrected chi connectivity index (χ0v) is 19.9. The number of carbonyl (C=O) groups is 1. The summed E-state index contributed by atoms with van der Waals surface area (Å²) >= 11 is 0. The molecular formula is C30H30N2O3. The minimum Gasteiger partial charge on any atom is -0.485 e. The minimum absolute atomic E-state index is 0.0370. The van der Waals surface area contributed by atoms with Gasteiger partial charge in [-0.15, -0.1) is 0 Å². The van der Waals surface area contributed by atoms with E-state index < -0.39 is 5.97 Å². The van der Waals surface area contributed by atoms with Crippen molar-refractivity contribution in [2.75, 3.05) is 18.0 Å². The molecule has 0 aromatic heterocycles. The number of anilines is 2. The summed E-state index contributed by atoms with van der Waals surface area (Å²) in [5.41, 5.74) is 4.38. The number of hydrogen-bond donors (Lipinski definition) is 2. The van der Waals surface area contributed by atoms with Crippen molar-refractivity contribution in [3.05, 3.63) is 102 Å². The minimum atomic E-state index is -0.779. The number of aryl methyl sites for hydroxylation is 1. The average Bonchev–Trinajstić information content (AvgIpc) is 2.90. The number of hydrogen-bond acceptors (Lipinski definition) is 4. The molecule has 0 saturated carbocycles. The number of aliphatic carboxylic acids is 1. The number of benzene rings is 4. The molecule has 0 radical (unpaired) electrons. The summed E-state index contributed by atoms with van der Waals surface area (Å²) < 4.78 is 6.38. The van der Waals surface area contributed by atoms with Gasteiger partial charge in [-0.1, -0.05) is 66.7 Å². The van der Waals surface area contributed by atoms with Crippen molar-refractivity contribution in [3.8, 4) is 5.75 Å². The Morgan fingerprint density at radius 2 is 1.80 bits per heavy atom. The van der Waals surface area contributed by atoms with Gasteiger partial charge in [0, 0.05) is 24.7 Å². The maximum atomic E-state index is 11.0. The summed E-state index contributed by atoms with van der Waals surface area (Å²) in [6.45, 7) is 3.60. The van der Waals surface area contributed by atoms with Crippen molar-refractivity contribution in [2.24, 2.45) is 0 Å². The molecule has 5 nitrogen and oxygen atoms in total. The van der Waals surface area contributed by atoms with Gasteiger partial charge in [0.25, 0.3) is 0 Å². The summed E-state index contributed by atoms with van der Waals surface area (Å²) in [7, 11) is 0. The van der Waals surface area contributed by atoms with Gasteiger partial charge in [0.2, 0.25) is 0 Å². The van der Waals surface area contributed by atoms with E-state index in [9.17, 15) is 4.79 Å². The lowest BCUT2D eigenvalue weighted by molar-refractivity contribution is -0.136. The van der Waals surface area contributed by atoms with Gasteiger partial charge >= 0.3 is 5.97 Å². The molecule has 0 saturated heterocycles. The average molecular weight is 467 g/mol. The molecule has 35 heavy (non-hydrogen) atoms. The first-order chi connectivity index (χ1) is 17.1. The highest BCUT2D eigenvalue weighted by Crippen LogP contribution is 2.38. The van der Waals surface area contributed by atoms with Crippen molar-refractivity contribution in [1.29, 1.82) is 0 Å². The Bertz CT molecular complexity index is 1330. The third-order valence-corrected chi connectivity index (χ3v) is 6.63. The number of para-hydroxylation sites is 2. The predicted octanol–water partition coefficient (Wildman–Crippen LogP) is 6.11. The van der Waals surface area contributed by atoms with Gasteiger partial charge in [0.1, 0.15) is 11.9 Å². The second-order valence-electron chi connectivity index (χ2n) is 9.08. The predicted molar refractivity (Wildman–Crippen MR) is 141 cm³/mol. The zero-order chi connectivity index (χ0) is 24.2. The van der Waals surface area contributed by atoms with E-state index in [4.69, 9.17) is 9.84 Å². The van der Waals surface area contributed by atoms with Gasteiger partial charge in [-0.2, -0.15) is 0 Å². The van der Waals surface area contributed by atoms with E-state index in [0.717, 1.165) is 22.7 Å². The Morgan fingerprint density at radius 1 is 1.03 bits per heavy atom. The number of carboxylic acid groups (broad SMARTS) is 1. The normalized spacial score (nSPS) is 15.9. The molecule has 4 aromatic carbocycles. The molecule has 1 aliphatic heterocycles. The Morgan fingerprint density at radius 3 is 2.69 bits per heavy atom. The summed E-state index contributed by atoms with van der Waals surface area (Å²) in [4.78, 5) is 13.3. The summed E-state index contributed by atoms with van der Waals surface area (Å²) in [5, 5.41) is 15.3. The van der Waals surface area contributed by atoms with Crippen LogP contribution in [0.5, 0.6) is 5.75 Å². The van der Waals surface area contributed by atoms with Crippen LogP contribution in [0.4, 0.5) is 11.4 Å². The number of fused-ring (bicyclic) bond motifs is 2. The van der Waals surface area contributed by atoms with Gasteiger partial charge < -0.3 is 20.1 Å². The van der Waals surface area contributed by atoms with E-state index in [1.54, 1.807) is 0 Å². The first-order valence-corrected chi connectivity index (χ1v) is 12.1. The van der Waals surface area contributed by atoms with Gasteiger partial charge in [-0.25, -0.2) is 0 Å². The van der Waals surface area contributed by atoms with E-state index in [-0.39, 0.29) is 18.6 Å². The van der Waals surface area contributed by atoms with Crippen molar-refractivity contribution < 1.29 is 14.6 Å². The SMILES string of the molecule is CC(NCC1CN(c2cccc(CCC(=O)O)c2)c2ccccc2O1)c1cccc2ccccc12. The standard InChI is InChI=1S/C30H30N2O3/c1-21(26-13-7-10-23-9-2-3-12-27(23)26)31-19-25-20-32(28-14-4-5-15-29(28)35-25)24-11-6-8-22(18-24)16-17-30(33)34/h2-15,18,21,25,31H,16-17,19-20H2,1H3,(H,33,34). The van der Waals surface area contributed by atoms with Crippen LogP contribution in [0.25, 0.3) is 10.8 Å². The van der Waals surface area contributed by atoms with E-state index in [2.05, 4.69) is 77.8 Å². The van der Waals surface area contributed by atoms with Crippen LogP contribution in [0.15, 0.2) is 91.0 Å². The molecule has 4 aromatic rings. The molecule has 5 rings (SSSR count). The second kappa shape index (κ2) is 10.2. The van der Waals surface area contributed by atoms with Crippen LogP contribution in [-0.2, 0) is 11.2 Å². The maximum absolute atomic E-state index is 11.0. The quantitative estimate of drug-likeness (QED) is 0.328. The van der Waals surface area contributed by atoms with Gasteiger partial charge in [0.15, 0.2) is 0 Å². The second-order valence-corrected chi connectivity index (χ2v) is 9.08. The third-order valence-electron chi connectivity index (χ3n) is 6.63. The van der Waals surface area contributed by atoms with E-state index in [1.165, 1.54) is 16.3 Å². The van der Waals surface area contributed by atoms with Crippen LogP contribution in [0.1, 0.15) is 30.5 Å². The number of rotatable bonds is 8. The monoisotopic (exact) mass is 466 g/mol. The fourth-order valence-electron chi connectivity index (χ4n) is 4.83. The number of nitrogens with zero attached hydrogens (tertiary/aromatic N) is 1. The Balaban J connectivity index is 1.34. The molecule has 2 N–H and O–H groups in total. The van der Waals surface area contributed by atoms with Crippen LogP contribution in [-0.4, -0.2) is 30.3 Å². The summed E-state index contributed by atoms with van der Waals surface area (Å²) in [6, 6.07) is 31.4. The molecule has 0 spiro atoms. The maximum Gasteiger partial charge on any atom is 0.303 e. The highest BCUT2D eigenvalue weighted by molar-refractivity contribution is 5.86. The lowest BCUT2D eigenvalue weighted by Crippen LogP contribution is -2.44. The van der Waals surface area contributed by atoms with Crippen molar-refractivity contribution in [1.82, 2.24) is 5.32 Å². The van der Waals surface area contributed by atoms with E-state index in [1.807, 2.05) is 30.3 Å². The highest BCUT2D eigenvalue weighted by atomic mass is 16.5. The summed E-state index contributed by atoms with van der Waals surface area (Å²) in [6.07, 6.45) is 0.606. The highest BCUT2D eigenvalue weighted by Gasteiger charge is 2.27. The van der Waals surface area contributed by atoms with Crippen molar-refractivity contribution >= 4 is 28.1 Å². The first kappa shape index (κ1) is 22.9. The Kier molecular flexibility index (Phi) is 6.68. The van der Waals surface area contributed by atoms with Crippen LogP contribution in [0.3, 0.4) is 0 Å². The van der Waals surface area contributed by atoms with Crippen molar-refractivity contribution in [3.63, 3.8) is 0 Å². The van der Waals surface area contributed by atoms with Crippen LogP contribution < -0.4 is 15.0 Å². The van der Waals surface area contributed by atoms with Crippen molar-refractivity contribution in [2.45, 2.75) is 31.9 Å². The van der Waals surface area contributed by atoms with Gasteiger partial charge in [0.05, 0.1) is 12.2 Å². The lowest BCUT2D eigenvalue weighted by atomic mass is 9.99. The lowest BCUT2D eigenvalue weighted by Gasteiger charge is -2.37. The largest absolute Gasteiger partial charge is 0.485 e. The Labute approximate surface area is 206 Å². The topological polar surface area (TPSA) is 61.8 Å². The van der Waals surface area contributed by atoms with Crippen LogP contribution >= 0.6 is 0 Å². The zero-order valence-electron chi connectivity index (χ0n) is 19.9. The van der Waals surface area contributed by atoms with E-state index in [0.29, 0.717) is 19.5 Å². The smallest absolute Gasteiger partial charge is 0.303 e. The molecule has 0 amide bonds. The first-order valence-electron chi connectivity index (χ1n) is 12.1. The number of nitrogens with one attached hydrogen (secondary N) is 1. The van der Waals surface area contributed by atoms with Crippen LogP contribution in [0.2, 0.25) is 0 Å². The summed E-state index contributed by atoms with van der Waals surface area (Å²) in [5.74, 6) is 0.0814. The fourth-order valence-corrected chi connectivity index (χ4v) is 4.83. The molecule has 178 valence electrons. The number of carboxylic acids is 1. The Hall–Kier alpha value is -3.83. The molecule has 0 aliphatic carbocycles. The molecule has 2 unspecified atom stereocenters. The molecule has 1 aliphatic rings. The molecule has 0 fully saturated rings. The molecular weight excluding hydrogens is 436 g/mol. The fraction of sp³-hybridized carbons (Fsp3) is 0.233. The van der Waals surface area contributed by atoms with Crippen LogP contribution in [0, 0.1) is 0 Å². The van der Waals surface area contributed by atoms with Gasteiger partial charge in [-0.05, 0) is 59.5 Å². The van der Waals surface area contributed by atoms with E-state index >= 15 is 0 Å². The van der Waals surface area contributed by atoms with Gasteiger partial charge in [-0.3, -0.25) is 4.79 Å². The third kappa shape index (κ3) is 5.15. The molecule has 2 atom stereocenters. The molecule has 0 bridgehead atoms. The number of ether oxygens (including phenoxy) is 1.